The Hall–Kier alpha value is -0.840. The molecule has 0 aliphatic carbocycles. The van der Waals surface area contributed by atoms with Gasteiger partial charge in [0, 0.05) is 24.2 Å². The Morgan fingerprint density at radius 3 is 2.54 bits per heavy atom. The van der Waals surface area contributed by atoms with Crippen molar-refractivity contribution in [2.75, 3.05) is 6.54 Å². The van der Waals surface area contributed by atoms with Crippen LogP contribution in [0.2, 0.25) is 0 Å². The third kappa shape index (κ3) is 2.84. The number of rotatable bonds is 2. The van der Waals surface area contributed by atoms with Crippen LogP contribution in [0.3, 0.4) is 0 Å². The predicted octanol–water partition coefficient (Wildman–Crippen LogP) is 0.912. The summed E-state index contributed by atoms with van der Waals surface area (Å²) in [5, 5.41) is 8.88. The van der Waals surface area contributed by atoms with Crippen LogP contribution in [-0.4, -0.2) is 11.7 Å². The summed E-state index contributed by atoms with van der Waals surface area (Å²) in [5.74, 6) is -0.631. The standard InChI is InChI=1S/C8H11FN2O.ClH/c9-7-3-5(12)1-2-6(7)8(11)4-10;/h1-3,8,12H,4,10-11H2;1H/t8-;/m0./s1. The molecule has 0 amide bonds. The molecule has 0 aliphatic heterocycles. The minimum atomic E-state index is -0.520. The molecule has 5 N–H and O–H groups in total. The molecule has 0 bridgehead atoms. The van der Waals surface area contributed by atoms with Gasteiger partial charge in [-0.2, -0.15) is 0 Å². The van der Waals surface area contributed by atoms with Gasteiger partial charge < -0.3 is 16.6 Å². The van der Waals surface area contributed by atoms with Gasteiger partial charge in [-0.05, 0) is 6.07 Å². The smallest absolute Gasteiger partial charge is 0.131 e. The second-order valence-electron chi connectivity index (χ2n) is 2.55. The zero-order valence-electron chi connectivity index (χ0n) is 6.90. The van der Waals surface area contributed by atoms with Crippen LogP contribution in [0.5, 0.6) is 5.75 Å². The molecular formula is C8H12ClFN2O. The first-order chi connectivity index (χ1) is 5.65. The first-order valence-electron chi connectivity index (χ1n) is 3.59. The first kappa shape index (κ1) is 12.2. The third-order valence-corrected chi connectivity index (χ3v) is 1.64. The summed E-state index contributed by atoms with van der Waals surface area (Å²) in [6, 6.07) is 3.33. The Bertz CT molecular complexity index is 283. The van der Waals surface area contributed by atoms with Crippen molar-refractivity contribution >= 4 is 12.4 Å². The largest absolute Gasteiger partial charge is 0.508 e. The van der Waals surface area contributed by atoms with E-state index in [0.717, 1.165) is 6.07 Å². The van der Waals surface area contributed by atoms with Gasteiger partial charge in [0.1, 0.15) is 11.6 Å². The molecule has 0 saturated carbocycles. The van der Waals surface area contributed by atoms with Crippen LogP contribution < -0.4 is 11.5 Å². The molecule has 1 aromatic carbocycles. The summed E-state index contributed by atoms with van der Waals surface area (Å²) in [6.07, 6.45) is 0. The number of phenolic OH excluding ortho intramolecular Hbond substituents is 1. The van der Waals surface area contributed by atoms with E-state index in [9.17, 15) is 4.39 Å². The molecule has 1 aromatic rings. The highest BCUT2D eigenvalue weighted by atomic mass is 35.5. The van der Waals surface area contributed by atoms with Gasteiger partial charge in [-0.25, -0.2) is 4.39 Å². The molecule has 0 spiro atoms. The highest BCUT2D eigenvalue weighted by Crippen LogP contribution is 2.18. The molecule has 0 fully saturated rings. The topological polar surface area (TPSA) is 72.3 Å². The van der Waals surface area contributed by atoms with Crippen molar-refractivity contribution < 1.29 is 9.50 Å². The second kappa shape index (κ2) is 5.01. The van der Waals surface area contributed by atoms with E-state index >= 15 is 0 Å². The molecule has 3 nitrogen and oxygen atoms in total. The molecule has 0 unspecified atom stereocenters. The Morgan fingerprint density at radius 2 is 2.08 bits per heavy atom. The molecule has 0 aromatic heterocycles. The van der Waals surface area contributed by atoms with Gasteiger partial charge in [-0.1, -0.05) is 6.07 Å². The number of hydrogen-bond acceptors (Lipinski definition) is 3. The predicted molar refractivity (Wildman–Crippen MR) is 51.3 cm³/mol. The van der Waals surface area contributed by atoms with E-state index in [-0.39, 0.29) is 24.7 Å². The normalized spacial score (nSPS) is 11.9. The highest BCUT2D eigenvalue weighted by Gasteiger charge is 2.09. The van der Waals surface area contributed by atoms with Gasteiger partial charge in [0.2, 0.25) is 0 Å². The van der Waals surface area contributed by atoms with E-state index in [1.165, 1.54) is 12.1 Å². The fourth-order valence-electron chi connectivity index (χ4n) is 0.944. The minimum absolute atomic E-state index is 0. The van der Waals surface area contributed by atoms with E-state index in [0.29, 0.717) is 5.56 Å². The molecule has 5 heteroatoms. The molecule has 0 aliphatic rings. The molecule has 0 saturated heterocycles. The highest BCUT2D eigenvalue weighted by molar-refractivity contribution is 5.85. The maximum atomic E-state index is 13.0. The number of aromatic hydroxyl groups is 1. The first-order valence-corrected chi connectivity index (χ1v) is 3.59. The van der Waals surface area contributed by atoms with E-state index in [1.54, 1.807) is 0 Å². The molecule has 0 radical (unpaired) electrons. The number of phenols is 1. The number of hydrogen-bond donors (Lipinski definition) is 3. The fourth-order valence-corrected chi connectivity index (χ4v) is 0.944. The lowest BCUT2D eigenvalue weighted by Gasteiger charge is -2.09. The number of nitrogens with two attached hydrogens (primary N) is 2. The number of halogens is 2. The lowest BCUT2D eigenvalue weighted by atomic mass is 10.1. The summed E-state index contributed by atoms with van der Waals surface area (Å²) in [6.45, 7) is 0.182. The molecule has 74 valence electrons. The van der Waals surface area contributed by atoms with E-state index < -0.39 is 11.9 Å². The van der Waals surface area contributed by atoms with Gasteiger partial charge in [-0.3, -0.25) is 0 Å². The van der Waals surface area contributed by atoms with Crippen molar-refractivity contribution in [3.63, 3.8) is 0 Å². The average molecular weight is 207 g/mol. The van der Waals surface area contributed by atoms with Crippen LogP contribution in [0.1, 0.15) is 11.6 Å². The van der Waals surface area contributed by atoms with Gasteiger partial charge in [-0.15, -0.1) is 12.4 Å². The fraction of sp³-hybridized carbons (Fsp3) is 0.250. The maximum absolute atomic E-state index is 13.0. The van der Waals surface area contributed by atoms with Crippen molar-refractivity contribution in [2.45, 2.75) is 6.04 Å². The second-order valence-corrected chi connectivity index (χ2v) is 2.55. The van der Waals surface area contributed by atoms with Crippen molar-refractivity contribution in [1.82, 2.24) is 0 Å². The van der Waals surface area contributed by atoms with E-state index in [1.807, 2.05) is 0 Å². The Morgan fingerprint density at radius 1 is 1.46 bits per heavy atom. The van der Waals surface area contributed by atoms with Gasteiger partial charge in [0.05, 0.1) is 0 Å². The summed E-state index contributed by atoms with van der Waals surface area (Å²) in [5.41, 5.74) is 11.1. The Labute approximate surface area is 82.0 Å². The van der Waals surface area contributed by atoms with Crippen LogP contribution in [0.4, 0.5) is 4.39 Å². The third-order valence-electron chi connectivity index (χ3n) is 1.64. The van der Waals surface area contributed by atoms with Crippen molar-refractivity contribution in [2.24, 2.45) is 11.5 Å². The van der Waals surface area contributed by atoms with Crippen molar-refractivity contribution in [1.29, 1.82) is 0 Å². The zero-order chi connectivity index (χ0) is 9.14. The summed E-state index contributed by atoms with van der Waals surface area (Å²) < 4.78 is 13.0. The van der Waals surface area contributed by atoms with Gasteiger partial charge in [0.25, 0.3) is 0 Å². The Kier molecular flexibility index (Phi) is 4.69. The van der Waals surface area contributed by atoms with Crippen molar-refractivity contribution in [3.05, 3.63) is 29.6 Å². The Balaban J connectivity index is 0.00000144. The summed E-state index contributed by atoms with van der Waals surface area (Å²) >= 11 is 0. The van der Waals surface area contributed by atoms with Gasteiger partial charge in [0.15, 0.2) is 0 Å². The molecule has 0 heterocycles. The van der Waals surface area contributed by atoms with Crippen LogP contribution >= 0.6 is 12.4 Å². The quantitative estimate of drug-likeness (QED) is 0.674. The van der Waals surface area contributed by atoms with Crippen LogP contribution in [0.15, 0.2) is 18.2 Å². The average Bonchev–Trinajstić information content (AvgIpc) is 2.03. The summed E-state index contributed by atoms with van der Waals surface area (Å²) in [7, 11) is 0. The minimum Gasteiger partial charge on any atom is -0.508 e. The molecule has 1 atom stereocenters. The molecule has 1 rings (SSSR count). The summed E-state index contributed by atoms with van der Waals surface area (Å²) in [4.78, 5) is 0. The van der Waals surface area contributed by atoms with E-state index in [4.69, 9.17) is 16.6 Å². The monoisotopic (exact) mass is 206 g/mol. The van der Waals surface area contributed by atoms with Crippen LogP contribution in [-0.2, 0) is 0 Å². The van der Waals surface area contributed by atoms with Gasteiger partial charge >= 0.3 is 0 Å². The maximum Gasteiger partial charge on any atom is 0.131 e. The number of benzene rings is 1. The van der Waals surface area contributed by atoms with Crippen LogP contribution in [0.25, 0.3) is 0 Å². The zero-order valence-corrected chi connectivity index (χ0v) is 7.72. The van der Waals surface area contributed by atoms with Crippen molar-refractivity contribution in [3.8, 4) is 5.75 Å². The lowest BCUT2D eigenvalue weighted by Crippen LogP contribution is -2.21. The van der Waals surface area contributed by atoms with E-state index in [2.05, 4.69) is 0 Å². The molecular weight excluding hydrogens is 195 g/mol. The lowest BCUT2D eigenvalue weighted by molar-refractivity contribution is 0.466. The molecule has 13 heavy (non-hydrogen) atoms. The van der Waals surface area contributed by atoms with Crippen LogP contribution in [0, 0.1) is 5.82 Å². The SMILES string of the molecule is Cl.NC[C@H](N)c1ccc(O)cc1F.